The third-order valence-corrected chi connectivity index (χ3v) is 11.9. The van der Waals surface area contributed by atoms with Gasteiger partial charge in [0, 0.05) is 53.8 Å². The van der Waals surface area contributed by atoms with Gasteiger partial charge in [0.1, 0.15) is 5.65 Å². The van der Waals surface area contributed by atoms with E-state index in [-0.39, 0.29) is 0 Å². The van der Waals surface area contributed by atoms with E-state index in [2.05, 4.69) is 161 Å². The number of thiophene rings is 1. The molecule has 5 nitrogen and oxygen atoms in total. The Kier molecular flexibility index (Phi) is 5.87. The zero-order valence-electron chi connectivity index (χ0n) is 28.2. The highest BCUT2D eigenvalue weighted by Gasteiger charge is 2.23. The van der Waals surface area contributed by atoms with E-state index in [0.29, 0.717) is 5.82 Å². The van der Waals surface area contributed by atoms with Crippen LogP contribution >= 0.6 is 11.3 Å². The van der Waals surface area contributed by atoms with Crippen LogP contribution in [0.5, 0.6) is 0 Å². The van der Waals surface area contributed by atoms with Gasteiger partial charge in [0.15, 0.2) is 5.82 Å². The van der Waals surface area contributed by atoms with E-state index in [1.54, 1.807) is 0 Å². The van der Waals surface area contributed by atoms with Crippen molar-refractivity contribution in [3.05, 3.63) is 164 Å². The predicted molar refractivity (Wildman–Crippen MR) is 221 cm³/mol. The summed E-state index contributed by atoms with van der Waals surface area (Å²) in [6.45, 7) is 0. The third kappa shape index (κ3) is 4.04. The molecular weight excluding hydrogens is 667 g/mol. The highest BCUT2D eigenvalue weighted by atomic mass is 32.1. The number of imidazole rings is 1. The van der Waals surface area contributed by atoms with Crippen molar-refractivity contribution in [2.75, 3.05) is 0 Å². The maximum absolute atomic E-state index is 5.37. The quantitative estimate of drug-likeness (QED) is 0.185. The fourth-order valence-corrected chi connectivity index (χ4v) is 9.64. The average Bonchev–Trinajstić information content (AvgIpc) is 3.91. The van der Waals surface area contributed by atoms with Crippen molar-refractivity contribution < 1.29 is 0 Å². The topological polar surface area (TPSA) is 48.0 Å². The minimum Gasteiger partial charge on any atom is -0.309 e. The molecule has 7 aromatic carbocycles. The van der Waals surface area contributed by atoms with Gasteiger partial charge in [0.05, 0.1) is 43.5 Å². The second-order valence-electron chi connectivity index (χ2n) is 13.6. The molecule has 12 rings (SSSR count). The predicted octanol–water partition coefficient (Wildman–Crippen LogP) is 12.4. The summed E-state index contributed by atoms with van der Waals surface area (Å²) in [6.07, 6.45) is 0. The molecule has 0 atom stereocenters. The minimum absolute atomic E-state index is 0.702. The van der Waals surface area contributed by atoms with Gasteiger partial charge in [-0.15, -0.1) is 11.3 Å². The first-order valence-corrected chi connectivity index (χ1v) is 18.6. The lowest BCUT2D eigenvalue weighted by Gasteiger charge is -2.12. The fourth-order valence-electron chi connectivity index (χ4n) is 8.42. The number of para-hydroxylation sites is 4. The van der Waals surface area contributed by atoms with Gasteiger partial charge in [-0.25, -0.2) is 15.0 Å². The summed E-state index contributed by atoms with van der Waals surface area (Å²) in [5.41, 5.74) is 11.6. The molecule has 0 unspecified atom stereocenters. The van der Waals surface area contributed by atoms with Crippen LogP contribution in [-0.2, 0) is 0 Å². The molecule has 5 heterocycles. The Balaban J connectivity index is 1.17. The van der Waals surface area contributed by atoms with Crippen molar-refractivity contribution >= 4 is 91.8 Å². The molecule has 53 heavy (non-hydrogen) atoms. The molecule has 0 aliphatic heterocycles. The summed E-state index contributed by atoms with van der Waals surface area (Å²) in [6, 6.07) is 57.9. The van der Waals surface area contributed by atoms with Crippen molar-refractivity contribution in [1.82, 2.24) is 23.9 Å². The van der Waals surface area contributed by atoms with Gasteiger partial charge in [-0.1, -0.05) is 115 Å². The minimum atomic E-state index is 0.702. The summed E-state index contributed by atoms with van der Waals surface area (Å²) >= 11 is 1.87. The molecule has 5 aromatic heterocycles. The number of rotatable bonds is 3. The summed E-state index contributed by atoms with van der Waals surface area (Å²) < 4.78 is 7.35. The Bertz CT molecular complexity index is 3460. The van der Waals surface area contributed by atoms with Gasteiger partial charge in [-0.3, -0.25) is 4.40 Å². The van der Waals surface area contributed by atoms with Crippen molar-refractivity contribution in [2.24, 2.45) is 0 Å². The smallest absolute Gasteiger partial charge is 0.160 e. The van der Waals surface area contributed by atoms with Crippen LogP contribution in [0.3, 0.4) is 0 Å². The van der Waals surface area contributed by atoms with Gasteiger partial charge in [-0.05, 0) is 48.5 Å². The van der Waals surface area contributed by atoms with E-state index in [0.717, 1.165) is 61.1 Å². The summed E-state index contributed by atoms with van der Waals surface area (Å²) in [4.78, 5) is 15.7. The molecular formula is C47H27N5S. The molecule has 0 aliphatic carbocycles. The SMILES string of the molecule is c1ccc(-c2nc(-c3cccc(-n4c5ccccc5c5c6c(ccc54)c4sc5ccccc5c4n4c5ccccc5nc64)c3)nc3ccccc23)cc1. The Labute approximate surface area is 306 Å². The number of hydrogen-bond acceptors (Lipinski definition) is 4. The number of benzene rings is 7. The number of nitrogens with zero attached hydrogens (tertiary/aromatic N) is 5. The number of hydrogen-bond donors (Lipinski definition) is 0. The molecule has 6 heteroatoms. The van der Waals surface area contributed by atoms with Crippen LogP contribution in [0.1, 0.15) is 0 Å². The van der Waals surface area contributed by atoms with Crippen LogP contribution < -0.4 is 0 Å². The van der Waals surface area contributed by atoms with E-state index in [4.69, 9.17) is 15.0 Å². The molecule has 0 spiro atoms. The highest BCUT2D eigenvalue weighted by molar-refractivity contribution is 7.26. The largest absolute Gasteiger partial charge is 0.309 e. The van der Waals surface area contributed by atoms with Gasteiger partial charge in [0.25, 0.3) is 0 Å². The van der Waals surface area contributed by atoms with E-state index in [9.17, 15) is 0 Å². The van der Waals surface area contributed by atoms with Gasteiger partial charge < -0.3 is 4.57 Å². The Morgan fingerprint density at radius 1 is 0.453 bits per heavy atom. The Morgan fingerprint density at radius 3 is 2.06 bits per heavy atom. The van der Waals surface area contributed by atoms with Crippen LogP contribution in [-0.4, -0.2) is 23.9 Å². The monoisotopic (exact) mass is 693 g/mol. The lowest BCUT2D eigenvalue weighted by Crippen LogP contribution is -1.98. The van der Waals surface area contributed by atoms with Crippen LogP contribution in [0, 0.1) is 0 Å². The molecule has 0 saturated heterocycles. The second-order valence-corrected chi connectivity index (χ2v) is 14.7. The third-order valence-electron chi connectivity index (χ3n) is 10.7. The second kappa shape index (κ2) is 10.8. The first kappa shape index (κ1) is 28.8. The summed E-state index contributed by atoms with van der Waals surface area (Å²) in [7, 11) is 0. The first-order valence-electron chi connectivity index (χ1n) is 17.8. The highest BCUT2D eigenvalue weighted by Crippen LogP contribution is 2.46. The molecule has 0 amide bonds. The average molecular weight is 694 g/mol. The van der Waals surface area contributed by atoms with Crippen molar-refractivity contribution in [3.8, 4) is 28.3 Å². The number of pyridine rings is 1. The maximum atomic E-state index is 5.37. The summed E-state index contributed by atoms with van der Waals surface area (Å²) in [5.74, 6) is 0.702. The number of aromatic nitrogens is 5. The first-order chi connectivity index (χ1) is 26.3. The van der Waals surface area contributed by atoms with E-state index in [1.807, 2.05) is 23.5 Å². The van der Waals surface area contributed by atoms with Crippen molar-refractivity contribution in [2.45, 2.75) is 0 Å². The molecule has 0 fully saturated rings. The zero-order chi connectivity index (χ0) is 34.6. The lowest BCUT2D eigenvalue weighted by molar-refractivity contribution is 1.17. The zero-order valence-corrected chi connectivity index (χ0v) is 29.0. The molecule has 0 N–H and O–H groups in total. The molecule has 12 aromatic rings. The van der Waals surface area contributed by atoms with Crippen LogP contribution in [0.25, 0.3) is 109 Å². The summed E-state index contributed by atoms with van der Waals surface area (Å²) in [5, 5.41) is 7.10. The normalized spacial score (nSPS) is 12.2. The van der Waals surface area contributed by atoms with E-state index < -0.39 is 0 Å². The molecule has 0 bridgehead atoms. The molecule has 246 valence electrons. The Hall–Kier alpha value is -6.89. The van der Waals surface area contributed by atoms with E-state index in [1.165, 1.54) is 41.8 Å². The van der Waals surface area contributed by atoms with Crippen molar-refractivity contribution in [3.63, 3.8) is 0 Å². The van der Waals surface area contributed by atoms with Crippen LogP contribution in [0.15, 0.2) is 164 Å². The van der Waals surface area contributed by atoms with Gasteiger partial charge >= 0.3 is 0 Å². The lowest BCUT2D eigenvalue weighted by atomic mass is 10.0. The number of fused-ring (bicyclic) bond motifs is 15. The Morgan fingerprint density at radius 2 is 1.17 bits per heavy atom. The maximum Gasteiger partial charge on any atom is 0.160 e. The van der Waals surface area contributed by atoms with E-state index >= 15 is 0 Å². The van der Waals surface area contributed by atoms with Gasteiger partial charge in [-0.2, -0.15) is 0 Å². The van der Waals surface area contributed by atoms with Crippen LogP contribution in [0.4, 0.5) is 0 Å². The standard InChI is InChI=1S/C47H27N5S/c1-2-13-28(14-3-1)43-31-17-4-7-20-35(31)48-46(50-43)29-15-12-16-30(27-29)51-37-22-9-5-18-32(37)41-39(51)26-25-34-42(41)47-49-36-21-8-10-23-38(36)52(47)44-33-19-6-11-24-40(33)53-45(34)44/h1-27H. The molecule has 0 saturated carbocycles. The molecule has 0 radical (unpaired) electrons. The fraction of sp³-hybridized carbons (Fsp3) is 0. The van der Waals surface area contributed by atoms with Crippen LogP contribution in [0.2, 0.25) is 0 Å². The van der Waals surface area contributed by atoms with Crippen molar-refractivity contribution in [1.29, 1.82) is 0 Å². The van der Waals surface area contributed by atoms with Gasteiger partial charge in [0.2, 0.25) is 0 Å². The molecule has 0 aliphatic rings.